The highest BCUT2D eigenvalue weighted by Crippen LogP contribution is 2.25. The van der Waals surface area contributed by atoms with Crippen molar-refractivity contribution < 1.29 is 24.5 Å². The van der Waals surface area contributed by atoms with Crippen molar-refractivity contribution in [3.63, 3.8) is 0 Å². The number of ether oxygens (including phenoxy) is 1. The molecule has 0 aliphatic heterocycles. The zero-order valence-electron chi connectivity index (χ0n) is 11.3. The van der Waals surface area contributed by atoms with Crippen molar-refractivity contribution in [1.82, 2.24) is 0 Å². The standard InChI is InChI=1S/C14H18O5/c1-8-5-12(19-3)9(2)4-10(8)6-11(14(17)18)7-13(15)16/h4-5,11H,6-7H2,1-3H3,(H,15,16)(H,17,18). The van der Waals surface area contributed by atoms with Gasteiger partial charge in [-0.1, -0.05) is 6.07 Å². The molecule has 0 aliphatic carbocycles. The molecule has 19 heavy (non-hydrogen) atoms. The third kappa shape index (κ3) is 3.98. The van der Waals surface area contributed by atoms with E-state index in [0.717, 1.165) is 22.4 Å². The zero-order chi connectivity index (χ0) is 14.6. The van der Waals surface area contributed by atoms with Crippen LogP contribution in [0.2, 0.25) is 0 Å². The lowest BCUT2D eigenvalue weighted by Gasteiger charge is -2.14. The number of aryl methyl sites for hydroxylation is 2. The number of rotatable bonds is 6. The van der Waals surface area contributed by atoms with Gasteiger partial charge < -0.3 is 14.9 Å². The third-order valence-electron chi connectivity index (χ3n) is 3.09. The van der Waals surface area contributed by atoms with Crippen molar-refractivity contribution >= 4 is 11.9 Å². The molecule has 2 N–H and O–H groups in total. The average molecular weight is 266 g/mol. The Morgan fingerprint density at radius 1 is 1.21 bits per heavy atom. The van der Waals surface area contributed by atoms with Gasteiger partial charge in [-0.2, -0.15) is 0 Å². The van der Waals surface area contributed by atoms with E-state index in [1.54, 1.807) is 7.11 Å². The molecule has 0 radical (unpaired) electrons. The van der Waals surface area contributed by atoms with E-state index in [4.69, 9.17) is 14.9 Å². The van der Waals surface area contributed by atoms with Gasteiger partial charge in [0.2, 0.25) is 0 Å². The fraction of sp³-hybridized carbons (Fsp3) is 0.429. The molecule has 0 heterocycles. The van der Waals surface area contributed by atoms with Crippen LogP contribution < -0.4 is 4.74 Å². The minimum Gasteiger partial charge on any atom is -0.496 e. The normalized spacial score (nSPS) is 11.9. The van der Waals surface area contributed by atoms with Gasteiger partial charge in [0.05, 0.1) is 19.4 Å². The van der Waals surface area contributed by atoms with E-state index >= 15 is 0 Å². The Bertz CT molecular complexity index is 493. The average Bonchev–Trinajstić information content (AvgIpc) is 2.31. The Morgan fingerprint density at radius 3 is 2.32 bits per heavy atom. The van der Waals surface area contributed by atoms with Gasteiger partial charge in [-0.3, -0.25) is 9.59 Å². The number of benzene rings is 1. The summed E-state index contributed by atoms with van der Waals surface area (Å²) in [6.45, 7) is 3.73. The summed E-state index contributed by atoms with van der Waals surface area (Å²) in [5.41, 5.74) is 2.65. The summed E-state index contributed by atoms with van der Waals surface area (Å²) < 4.78 is 5.19. The fourth-order valence-electron chi connectivity index (χ4n) is 2.01. The van der Waals surface area contributed by atoms with Crippen LogP contribution >= 0.6 is 0 Å². The van der Waals surface area contributed by atoms with Gasteiger partial charge in [-0.05, 0) is 43.0 Å². The van der Waals surface area contributed by atoms with Crippen molar-refractivity contribution in [2.24, 2.45) is 5.92 Å². The highest BCUT2D eigenvalue weighted by atomic mass is 16.5. The largest absolute Gasteiger partial charge is 0.496 e. The third-order valence-corrected chi connectivity index (χ3v) is 3.09. The van der Waals surface area contributed by atoms with Crippen LogP contribution in [0.15, 0.2) is 12.1 Å². The maximum atomic E-state index is 11.1. The number of carbonyl (C=O) groups is 2. The molecule has 1 unspecified atom stereocenters. The second-order valence-electron chi connectivity index (χ2n) is 4.59. The first kappa shape index (κ1) is 15.0. The molecule has 0 spiro atoms. The predicted octanol–water partition coefficient (Wildman–Crippen LogP) is 2.03. The first-order chi connectivity index (χ1) is 8.85. The molecule has 104 valence electrons. The van der Waals surface area contributed by atoms with Crippen LogP contribution in [0.3, 0.4) is 0 Å². The number of aliphatic carboxylic acids is 2. The molecule has 0 amide bonds. The Labute approximate surface area is 111 Å². The summed E-state index contributed by atoms with van der Waals surface area (Å²) in [7, 11) is 1.58. The lowest BCUT2D eigenvalue weighted by molar-refractivity contribution is -0.148. The molecular weight excluding hydrogens is 248 g/mol. The van der Waals surface area contributed by atoms with Gasteiger partial charge in [-0.15, -0.1) is 0 Å². The zero-order valence-corrected chi connectivity index (χ0v) is 11.3. The van der Waals surface area contributed by atoms with Crippen LogP contribution in [0.25, 0.3) is 0 Å². The van der Waals surface area contributed by atoms with Crippen LogP contribution in [-0.4, -0.2) is 29.3 Å². The van der Waals surface area contributed by atoms with E-state index < -0.39 is 17.9 Å². The maximum absolute atomic E-state index is 11.1. The first-order valence-electron chi connectivity index (χ1n) is 5.93. The summed E-state index contributed by atoms with van der Waals surface area (Å²) in [5.74, 6) is -2.36. The summed E-state index contributed by atoms with van der Waals surface area (Å²) >= 11 is 0. The summed E-state index contributed by atoms with van der Waals surface area (Å²) in [4.78, 5) is 21.7. The molecule has 1 aromatic rings. The maximum Gasteiger partial charge on any atom is 0.307 e. The van der Waals surface area contributed by atoms with Gasteiger partial charge in [0, 0.05) is 0 Å². The molecule has 0 saturated carbocycles. The molecule has 0 bridgehead atoms. The summed E-state index contributed by atoms with van der Waals surface area (Å²) in [6, 6.07) is 3.69. The van der Waals surface area contributed by atoms with E-state index in [2.05, 4.69) is 0 Å². The minimum atomic E-state index is -1.10. The first-order valence-corrected chi connectivity index (χ1v) is 5.93. The van der Waals surface area contributed by atoms with E-state index in [0.29, 0.717) is 0 Å². The highest BCUT2D eigenvalue weighted by Gasteiger charge is 2.22. The van der Waals surface area contributed by atoms with Crippen molar-refractivity contribution in [3.05, 3.63) is 28.8 Å². The number of hydrogen-bond acceptors (Lipinski definition) is 3. The summed E-state index contributed by atoms with van der Waals surface area (Å²) in [6.07, 6.45) is -0.169. The molecule has 0 aliphatic rings. The Balaban J connectivity index is 2.99. The van der Waals surface area contributed by atoms with E-state index in [1.807, 2.05) is 26.0 Å². The molecule has 5 heteroatoms. The Kier molecular flexibility index (Phi) is 4.92. The summed E-state index contributed by atoms with van der Waals surface area (Å²) in [5, 5.41) is 17.8. The van der Waals surface area contributed by atoms with Gasteiger partial charge in [0.25, 0.3) is 0 Å². The van der Waals surface area contributed by atoms with Gasteiger partial charge in [-0.25, -0.2) is 0 Å². The lowest BCUT2D eigenvalue weighted by atomic mass is 9.92. The second kappa shape index (κ2) is 6.22. The predicted molar refractivity (Wildman–Crippen MR) is 69.6 cm³/mol. The molecule has 1 aromatic carbocycles. The van der Waals surface area contributed by atoms with Crippen molar-refractivity contribution in [3.8, 4) is 5.75 Å². The Hall–Kier alpha value is -2.04. The number of carboxylic acid groups (broad SMARTS) is 2. The molecule has 0 aromatic heterocycles. The SMILES string of the molecule is COc1cc(C)c(CC(CC(=O)O)C(=O)O)cc1C. The minimum absolute atomic E-state index is 0.207. The number of carboxylic acids is 2. The van der Waals surface area contributed by atoms with Gasteiger partial charge >= 0.3 is 11.9 Å². The monoisotopic (exact) mass is 266 g/mol. The van der Waals surface area contributed by atoms with Crippen molar-refractivity contribution in [1.29, 1.82) is 0 Å². The molecular formula is C14H18O5. The smallest absolute Gasteiger partial charge is 0.307 e. The molecule has 5 nitrogen and oxygen atoms in total. The fourth-order valence-corrected chi connectivity index (χ4v) is 2.01. The van der Waals surface area contributed by atoms with Crippen LogP contribution in [-0.2, 0) is 16.0 Å². The number of methoxy groups -OCH3 is 1. The van der Waals surface area contributed by atoms with Crippen LogP contribution in [0.5, 0.6) is 5.75 Å². The number of hydrogen-bond donors (Lipinski definition) is 2. The van der Waals surface area contributed by atoms with E-state index in [9.17, 15) is 9.59 Å². The van der Waals surface area contributed by atoms with Crippen molar-refractivity contribution in [2.45, 2.75) is 26.7 Å². The van der Waals surface area contributed by atoms with Gasteiger partial charge in [0.15, 0.2) is 0 Å². The molecule has 0 saturated heterocycles. The quantitative estimate of drug-likeness (QED) is 0.823. The molecule has 0 fully saturated rings. The highest BCUT2D eigenvalue weighted by molar-refractivity contribution is 5.78. The topological polar surface area (TPSA) is 83.8 Å². The van der Waals surface area contributed by atoms with Crippen molar-refractivity contribution in [2.75, 3.05) is 7.11 Å². The van der Waals surface area contributed by atoms with Gasteiger partial charge in [0.1, 0.15) is 5.75 Å². The second-order valence-corrected chi connectivity index (χ2v) is 4.59. The molecule has 1 rings (SSSR count). The van der Waals surface area contributed by atoms with E-state index in [1.165, 1.54) is 0 Å². The Morgan fingerprint density at radius 2 is 1.84 bits per heavy atom. The van der Waals surface area contributed by atoms with E-state index in [-0.39, 0.29) is 12.8 Å². The van der Waals surface area contributed by atoms with Crippen LogP contribution in [0.4, 0.5) is 0 Å². The lowest BCUT2D eigenvalue weighted by Crippen LogP contribution is -2.20. The van der Waals surface area contributed by atoms with Crippen LogP contribution in [0.1, 0.15) is 23.1 Å². The van der Waals surface area contributed by atoms with Crippen LogP contribution in [0, 0.1) is 19.8 Å². The molecule has 1 atom stereocenters.